The van der Waals surface area contributed by atoms with E-state index in [2.05, 4.69) is 5.32 Å². The Morgan fingerprint density at radius 1 is 1.00 bits per heavy atom. The summed E-state index contributed by atoms with van der Waals surface area (Å²) in [7, 11) is 2.83. The van der Waals surface area contributed by atoms with E-state index in [1.165, 1.54) is 14.2 Å². The van der Waals surface area contributed by atoms with Crippen LogP contribution in [0.25, 0.3) is 0 Å². The van der Waals surface area contributed by atoms with Gasteiger partial charge < -0.3 is 14.8 Å². The molecule has 0 aromatic rings. The number of nitrogens with zero attached hydrogens (tertiary/aromatic N) is 1. The fraction of sp³-hybridized carbons (Fsp3) is 0.812. The molecule has 0 aliphatic heterocycles. The average molecular weight is 346 g/mol. The number of rotatable bonds is 6. The van der Waals surface area contributed by atoms with E-state index in [1.54, 1.807) is 41.5 Å². The summed E-state index contributed by atoms with van der Waals surface area (Å²) >= 11 is 0. The third-order valence-corrected chi connectivity index (χ3v) is 2.65. The highest BCUT2D eigenvalue weighted by molar-refractivity contribution is 5.83. The lowest BCUT2D eigenvalue weighted by Crippen LogP contribution is -2.46. The molecule has 24 heavy (non-hydrogen) atoms. The maximum absolute atomic E-state index is 12.3. The fourth-order valence-electron chi connectivity index (χ4n) is 1.60. The smallest absolute Gasteiger partial charge is 0.408 e. The predicted molar refractivity (Wildman–Crippen MR) is 88.0 cm³/mol. The molecule has 0 aromatic carbocycles. The van der Waals surface area contributed by atoms with Crippen LogP contribution in [0.2, 0.25) is 0 Å². The predicted octanol–water partition coefficient (Wildman–Crippen LogP) is 2.02. The Labute approximate surface area is 143 Å². The van der Waals surface area contributed by atoms with E-state index in [0.717, 1.165) is 5.06 Å². The molecule has 1 unspecified atom stereocenters. The second-order valence-corrected chi connectivity index (χ2v) is 7.34. The van der Waals surface area contributed by atoms with E-state index < -0.39 is 29.3 Å². The van der Waals surface area contributed by atoms with Crippen molar-refractivity contribution in [2.75, 3.05) is 14.2 Å². The molecule has 0 rings (SSSR count). The number of carbonyl (C=O) groups excluding carboxylic acids is 3. The van der Waals surface area contributed by atoms with Crippen LogP contribution in [0.5, 0.6) is 0 Å². The molecule has 0 aromatic heterocycles. The number of hydrogen-bond donors (Lipinski definition) is 1. The molecular weight excluding hydrogens is 316 g/mol. The van der Waals surface area contributed by atoms with Gasteiger partial charge >= 0.3 is 12.1 Å². The molecule has 0 saturated heterocycles. The van der Waals surface area contributed by atoms with Crippen LogP contribution in [0.4, 0.5) is 4.79 Å². The second kappa shape index (κ2) is 8.86. The molecule has 0 bridgehead atoms. The molecule has 0 aliphatic carbocycles. The molecule has 140 valence electrons. The Balaban J connectivity index is 4.92. The largest absolute Gasteiger partial charge is 0.458 e. The van der Waals surface area contributed by atoms with Gasteiger partial charge in [-0.3, -0.25) is 9.63 Å². The summed E-state index contributed by atoms with van der Waals surface area (Å²) in [4.78, 5) is 40.8. The third kappa shape index (κ3) is 10.0. The lowest BCUT2D eigenvalue weighted by Gasteiger charge is -2.26. The normalized spacial score (nSPS) is 13.0. The van der Waals surface area contributed by atoms with Crippen molar-refractivity contribution in [1.82, 2.24) is 10.4 Å². The standard InChI is InChI=1S/C16H30N2O6/c1-15(2,3)23-13(20)11(9-10-12(19)18(7)22-8)17-14(21)24-16(4,5)6/h11H,9-10H2,1-8H3,(H,17,21). The average Bonchev–Trinajstić information content (AvgIpc) is 2.37. The Morgan fingerprint density at radius 2 is 1.50 bits per heavy atom. The van der Waals surface area contributed by atoms with Crippen LogP contribution in [0.3, 0.4) is 0 Å². The minimum Gasteiger partial charge on any atom is -0.458 e. The van der Waals surface area contributed by atoms with Crippen molar-refractivity contribution in [2.45, 2.75) is 71.6 Å². The van der Waals surface area contributed by atoms with Gasteiger partial charge in [0.05, 0.1) is 7.11 Å². The molecule has 0 radical (unpaired) electrons. The summed E-state index contributed by atoms with van der Waals surface area (Å²) in [6.45, 7) is 10.3. The van der Waals surface area contributed by atoms with E-state index in [0.29, 0.717) is 0 Å². The van der Waals surface area contributed by atoms with Gasteiger partial charge in [0, 0.05) is 13.5 Å². The molecular formula is C16H30N2O6. The van der Waals surface area contributed by atoms with Crippen molar-refractivity contribution in [1.29, 1.82) is 0 Å². The molecule has 8 heteroatoms. The molecule has 0 aliphatic rings. The van der Waals surface area contributed by atoms with Crippen LogP contribution in [0.1, 0.15) is 54.4 Å². The van der Waals surface area contributed by atoms with Gasteiger partial charge in [-0.2, -0.15) is 0 Å². The summed E-state index contributed by atoms with van der Waals surface area (Å²) in [5.41, 5.74) is -1.41. The number of esters is 1. The van der Waals surface area contributed by atoms with Crippen LogP contribution in [-0.4, -0.2) is 54.4 Å². The minimum atomic E-state index is -0.992. The number of alkyl carbamates (subject to hydrolysis) is 1. The first-order valence-electron chi connectivity index (χ1n) is 7.78. The maximum Gasteiger partial charge on any atom is 0.408 e. The van der Waals surface area contributed by atoms with Crippen LogP contribution in [0.15, 0.2) is 0 Å². The number of nitrogens with one attached hydrogen (secondary N) is 1. The molecule has 0 saturated carbocycles. The van der Waals surface area contributed by atoms with Crippen molar-refractivity contribution in [3.63, 3.8) is 0 Å². The van der Waals surface area contributed by atoms with Gasteiger partial charge in [-0.1, -0.05) is 0 Å². The summed E-state index contributed by atoms with van der Waals surface area (Å²) in [6, 6.07) is -0.992. The van der Waals surface area contributed by atoms with E-state index >= 15 is 0 Å². The molecule has 2 amide bonds. The Kier molecular flexibility index (Phi) is 8.19. The van der Waals surface area contributed by atoms with Crippen molar-refractivity contribution < 1.29 is 28.7 Å². The van der Waals surface area contributed by atoms with Crippen molar-refractivity contribution >= 4 is 18.0 Å². The second-order valence-electron chi connectivity index (χ2n) is 7.34. The zero-order valence-corrected chi connectivity index (χ0v) is 15.9. The number of hydrogen-bond acceptors (Lipinski definition) is 6. The highest BCUT2D eigenvalue weighted by Gasteiger charge is 2.29. The van der Waals surface area contributed by atoms with Crippen LogP contribution < -0.4 is 5.32 Å². The first-order valence-corrected chi connectivity index (χ1v) is 7.78. The summed E-state index contributed by atoms with van der Waals surface area (Å²) < 4.78 is 10.4. The molecule has 1 atom stereocenters. The Hall–Kier alpha value is -1.83. The van der Waals surface area contributed by atoms with Gasteiger partial charge in [0.25, 0.3) is 0 Å². The summed E-state index contributed by atoms with van der Waals surface area (Å²) in [5.74, 6) is -0.946. The molecule has 1 N–H and O–H groups in total. The number of amides is 2. The summed E-state index contributed by atoms with van der Waals surface area (Å²) in [6.07, 6.45) is -0.670. The number of ether oxygens (including phenoxy) is 2. The van der Waals surface area contributed by atoms with E-state index in [1.807, 2.05) is 0 Å². The van der Waals surface area contributed by atoms with Crippen LogP contribution >= 0.6 is 0 Å². The van der Waals surface area contributed by atoms with E-state index in [4.69, 9.17) is 14.3 Å². The Bertz CT molecular complexity index is 450. The quantitative estimate of drug-likeness (QED) is 0.584. The van der Waals surface area contributed by atoms with Gasteiger partial charge in [-0.05, 0) is 48.0 Å². The van der Waals surface area contributed by atoms with Crippen molar-refractivity contribution in [3.8, 4) is 0 Å². The van der Waals surface area contributed by atoms with Gasteiger partial charge in [0.2, 0.25) is 5.91 Å². The van der Waals surface area contributed by atoms with Crippen molar-refractivity contribution in [2.24, 2.45) is 0 Å². The lowest BCUT2D eigenvalue weighted by molar-refractivity contribution is -0.169. The first kappa shape index (κ1) is 22.2. The number of hydroxylamine groups is 2. The number of carbonyl (C=O) groups is 3. The van der Waals surface area contributed by atoms with Gasteiger partial charge in [-0.25, -0.2) is 14.7 Å². The monoisotopic (exact) mass is 346 g/mol. The van der Waals surface area contributed by atoms with E-state index in [-0.39, 0.29) is 18.7 Å². The molecule has 0 spiro atoms. The Morgan fingerprint density at radius 3 is 1.92 bits per heavy atom. The van der Waals surface area contributed by atoms with Crippen molar-refractivity contribution in [3.05, 3.63) is 0 Å². The topological polar surface area (TPSA) is 94.2 Å². The zero-order valence-electron chi connectivity index (χ0n) is 15.9. The van der Waals surface area contributed by atoms with Gasteiger partial charge in [-0.15, -0.1) is 0 Å². The maximum atomic E-state index is 12.3. The fourth-order valence-corrected chi connectivity index (χ4v) is 1.60. The minimum absolute atomic E-state index is 0.00402. The summed E-state index contributed by atoms with van der Waals surface area (Å²) in [5, 5.41) is 3.52. The zero-order chi connectivity index (χ0) is 19.1. The first-order chi connectivity index (χ1) is 10.7. The van der Waals surface area contributed by atoms with E-state index in [9.17, 15) is 14.4 Å². The van der Waals surface area contributed by atoms with Gasteiger partial charge in [0.15, 0.2) is 0 Å². The van der Waals surface area contributed by atoms with Crippen LogP contribution in [-0.2, 0) is 23.9 Å². The molecule has 0 fully saturated rings. The molecule has 8 nitrogen and oxygen atoms in total. The van der Waals surface area contributed by atoms with Crippen LogP contribution in [0, 0.1) is 0 Å². The highest BCUT2D eigenvalue weighted by atomic mass is 16.7. The highest BCUT2D eigenvalue weighted by Crippen LogP contribution is 2.13. The molecule has 0 heterocycles. The SMILES string of the molecule is CON(C)C(=O)CCC(NC(=O)OC(C)(C)C)C(=O)OC(C)(C)C. The third-order valence-electron chi connectivity index (χ3n) is 2.65. The van der Waals surface area contributed by atoms with Gasteiger partial charge in [0.1, 0.15) is 17.2 Å². The lowest BCUT2D eigenvalue weighted by atomic mass is 10.1.